The second-order valence-electron chi connectivity index (χ2n) is 8.89. The van der Waals surface area contributed by atoms with Crippen molar-refractivity contribution in [3.05, 3.63) is 79.0 Å². The van der Waals surface area contributed by atoms with Crippen molar-refractivity contribution in [2.75, 3.05) is 0 Å². The zero-order chi connectivity index (χ0) is 22.7. The molecule has 4 heterocycles. The molecule has 4 aliphatic heterocycles. The van der Waals surface area contributed by atoms with E-state index in [1.54, 1.807) is 9.81 Å². The van der Waals surface area contributed by atoms with Crippen molar-refractivity contribution in [3.8, 4) is 0 Å². The predicted octanol–water partition coefficient (Wildman–Crippen LogP) is 11.1. The van der Waals surface area contributed by atoms with Crippen LogP contribution in [0, 0.1) is 11.8 Å². The Morgan fingerprint density at radius 1 is 0.429 bits per heavy atom. The third-order valence-corrected chi connectivity index (χ3v) is 17.7. The van der Waals surface area contributed by atoms with Crippen LogP contribution in [0.4, 0.5) is 0 Å². The summed E-state index contributed by atoms with van der Waals surface area (Å²) in [6, 6.07) is 18.5. The summed E-state index contributed by atoms with van der Waals surface area (Å²) in [5, 5.41) is 0. The molecule has 8 heteroatoms. The van der Waals surface area contributed by atoms with Gasteiger partial charge in [-0.1, -0.05) is 118 Å². The van der Waals surface area contributed by atoms with E-state index in [0.717, 1.165) is 0 Å². The molecule has 9 rings (SSSR count). The van der Waals surface area contributed by atoms with Gasteiger partial charge in [-0.2, -0.15) is 0 Å². The van der Waals surface area contributed by atoms with Crippen LogP contribution in [0.1, 0.15) is 6.42 Å². The average Bonchev–Trinajstić information content (AvgIpc) is 3.66. The summed E-state index contributed by atoms with van der Waals surface area (Å²) < 4.78 is 2.90. The molecular weight excluding hydrogens is 581 g/mol. The van der Waals surface area contributed by atoms with Crippen molar-refractivity contribution < 1.29 is 0 Å². The lowest BCUT2D eigenvalue weighted by atomic mass is 10.2. The number of rotatable bonds is 0. The molecule has 2 aliphatic carbocycles. The Hall–Kier alpha value is -0.320. The summed E-state index contributed by atoms with van der Waals surface area (Å²) in [7, 11) is 0. The van der Waals surface area contributed by atoms with Gasteiger partial charge in [-0.15, -0.1) is 0 Å². The van der Waals surface area contributed by atoms with Crippen LogP contribution in [0.5, 0.6) is 0 Å². The Balaban J connectivity index is 1.01. The van der Waals surface area contributed by atoms with E-state index in [0.29, 0.717) is 11.8 Å². The van der Waals surface area contributed by atoms with Crippen molar-refractivity contribution in [1.29, 1.82) is 0 Å². The van der Waals surface area contributed by atoms with Gasteiger partial charge in [0, 0.05) is 70.6 Å². The number of fused-ring (bicyclic) bond motifs is 9. The molecule has 0 radical (unpaired) electrons. The van der Waals surface area contributed by atoms with E-state index >= 15 is 0 Å². The van der Waals surface area contributed by atoms with Crippen molar-refractivity contribution in [2.24, 2.45) is 11.8 Å². The molecule has 170 valence electrons. The molecule has 2 atom stereocenters. The van der Waals surface area contributed by atoms with E-state index in [1.807, 2.05) is 94.1 Å². The number of benzene rings is 3. The maximum Gasteiger partial charge on any atom is 0.0706 e. The molecule has 3 aromatic carbocycles. The minimum atomic E-state index is 0.674. The Kier molecular flexibility index (Phi) is 4.99. The molecule has 2 bridgehead atoms. The summed E-state index contributed by atoms with van der Waals surface area (Å²) in [5.41, 5.74) is 0. The van der Waals surface area contributed by atoms with Gasteiger partial charge in [0.05, 0.1) is 8.47 Å². The lowest BCUT2D eigenvalue weighted by Gasteiger charge is -2.23. The summed E-state index contributed by atoms with van der Waals surface area (Å²) >= 11 is 15.8. The van der Waals surface area contributed by atoms with Crippen LogP contribution in [0.3, 0.4) is 0 Å². The molecule has 0 saturated carbocycles. The van der Waals surface area contributed by atoms with Gasteiger partial charge in [0.25, 0.3) is 0 Å². The van der Waals surface area contributed by atoms with Crippen molar-refractivity contribution in [1.82, 2.24) is 0 Å². The number of hydrogen-bond acceptors (Lipinski definition) is 8. The minimum absolute atomic E-state index is 0.674. The van der Waals surface area contributed by atoms with Gasteiger partial charge >= 0.3 is 0 Å². The van der Waals surface area contributed by atoms with Crippen LogP contribution in [0.25, 0.3) is 0 Å². The molecule has 35 heavy (non-hydrogen) atoms. The Labute approximate surface area is 238 Å². The van der Waals surface area contributed by atoms with Crippen LogP contribution < -0.4 is 0 Å². The standard InChI is InChI=1S/C27H14S8/c1-2-4-15-14(3-1)28-16-8-20-21(9-17(16)29-15)33-26(32-20)27-34-22-10-18-19(11-23(22)35-27)31-25-13-6-5-12(7-13)24(25)30-18/h1-6,8-13H,7H2. The third-order valence-electron chi connectivity index (χ3n) is 6.73. The zero-order valence-electron chi connectivity index (χ0n) is 17.9. The van der Waals surface area contributed by atoms with Gasteiger partial charge < -0.3 is 0 Å². The van der Waals surface area contributed by atoms with Crippen molar-refractivity contribution in [3.63, 3.8) is 0 Å². The number of thioether (sulfide) groups is 6. The van der Waals surface area contributed by atoms with E-state index in [-0.39, 0.29) is 0 Å². The Morgan fingerprint density at radius 2 is 0.800 bits per heavy atom. The quantitative estimate of drug-likeness (QED) is 0.182. The van der Waals surface area contributed by atoms with Gasteiger partial charge in [0.15, 0.2) is 0 Å². The lowest BCUT2D eigenvalue weighted by molar-refractivity contribution is 0.725. The smallest absolute Gasteiger partial charge is 0.0706 e. The van der Waals surface area contributed by atoms with Crippen molar-refractivity contribution in [2.45, 2.75) is 55.4 Å². The highest BCUT2D eigenvalue weighted by atomic mass is 32.2. The first-order valence-corrected chi connectivity index (χ1v) is 17.8. The van der Waals surface area contributed by atoms with Crippen LogP contribution in [0.15, 0.2) is 128 Å². The molecular formula is C27H14S8. The summed E-state index contributed by atoms with van der Waals surface area (Å²) in [4.78, 5) is 17.4. The fourth-order valence-electron chi connectivity index (χ4n) is 5.09. The molecule has 0 amide bonds. The van der Waals surface area contributed by atoms with Gasteiger partial charge in [-0.25, -0.2) is 0 Å². The van der Waals surface area contributed by atoms with E-state index in [4.69, 9.17) is 0 Å². The number of hydrogen-bond donors (Lipinski definition) is 0. The third kappa shape index (κ3) is 3.40. The highest BCUT2D eigenvalue weighted by Gasteiger charge is 2.39. The molecule has 0 aromatic heterocycles. The molecule has 0 N–H and O–H groups in total. The van der Waals surface area contributed by atoms with E-state index in [2.05, 4.69) is 60.7 Å². The van der Waals surface area contributed by atoms with E-state index in [1.165, 1.54) is 63.8 Å². The highest BCUT2D eigenvalue weighted by molar-refractivity contribution is 8.30. The normalized spacial score (nSPS) is 24.3. The summed E-state index contributed by atoms with van der Waals surface area (Å²) in [6.45, 7) is 0. The van der Waals surface area contributed by atoms with E-state index in [9.17, 15) is 0 Å². The second-order valence-corrected chi connectivity index (χ2v) is 18.0. The first-order valence-electron chi connectivity index (χ1n) is 11.3. The Bertz CT molecular complexity index is 1490. The van der Waals surface area contributed by atoms with Crippen LogP contribution in [-0.2, 0) is 0 Å². The Morgan fingerprint density at radius 3 is 1.23 bits per heavy atom. The molecule has 0 saturated heterocycles. The van der Waals surface area contributed by atoms with E-state index < -0.39 is 0 Å². The molecule has 2 unspecified atom stereocenters. The fourth-order valence-corrected chi connectivity index (χ4v) is 15.9. The first-order chi connectivity index (χ1) is 17.2. The highest BCUT2D eigenvalue weighted by Crippen LogP contribution is 2.66. The second kappa shape index (κ2) is 8.09. The van der Waals surface area contributed by atoms with Gasteiger partial charge in [0.2, 0.25) is 0 Å². The average molecular weight is 595 g/mol. The minimum Gasteiger partial charge on any atom is -0.0918 e. The molecule has 0 nitrogen and oxygen atoms in total. The maximum absolute atomic E-state index is 2.47. The topological polar surface area (TPSA) is 0 Å². The number of allylic oxidation sites excluding steroid dienone is 4. The van der Waals surface area contributed by atoms with Gasteiger partial charge in [-0.3, -0.25) is 0 Å². The van der Waals surface area contributed by atoms with Gasteiger partial charge in [-0.05, 0) is 42.8 Å². The largest absolute Gasteiger partial charge is 0.0918 e. The van der Waals surface area contributed by atoms with Gasteiger partial charge in [0.1, 0.15) is 0 Å². The molecule has 0 spiro atoms. The first kappa shape index (κ1) is 21.6. The SMILES string of the molecule is C1=CC2CC1C1=C2Sc2cc3c(cc2S1)SC(=C1Sc2cc4c(cc2S1)Sc1ccccc1S4)S3. The summed E-state index contributed by atoms with van der Waals surface area (Å²) in [5.74, 6) is 1.35. The van der Waals surface area contributed by atoms with Crippen LogP contribution >= 0.6 is 94.1 Å². The monoisotopic (exact) mass is 594 g/mol. The predicted molar refractivity (Wildman–Crippen MR) is 158 cm³/mol. The zero-order valence-corrected chi connectivity index (χ0v) is 24.4. The van der Waals surface area contributed by atoms with Crippen LogP contribution in [-0.4, -0.2) is 0 Å². The molecule has 6 aliphatic rings. The molecule has 3 aromatic rings. The fraction of sp³-hybridized carbons (Fsp3) is 0.111. The molecule has 0 fully saturated rings. The van der Waals surface area contributed by atoms with Crippen LogP contribution in [0.2, 0.25) is 0 Å². The lowest BCUT2D eigenvalue weighted by Crippen LogP contribution is -1.98. The van der Waals surface area contributed by atoms with Crippen molar-refractivity contribution >= 4 is 94.1 Å². The maximum atomic E-state index is 2.47. The summed E-state index contributed by atoms with van der Waals surface area (Å²) in [6.07, 6.45) is 6.17.